The largest absolute Gasteiger partial charge is 0.381 e. The highest BCUT2D eigenvalue weighted by molar-refractivity contribution is 5.79. The Morgan fingerprint density at radius 2 is 1.90 bits per heavy atom. The lowest BCUT2D eigenvalue weighted by atomic mass is 9.97. The molecule has 174 valence electrons. The summed E-state index contributed by atoms with van der Waals surface area (Å²) in [6.07, 6.45) is 5.95. The molecule has 5 atom stereocenters. The van der Waals surface area contributed by atoms with Crippen LogP contribution in [0.2, 0.25) is 0 Å². The van der Waals surface area contributed by atoms with Crippen LogP contribution in [0.4, 0.5) is 0 Å². The van der Waals surface area contributed by atoms with Crippen LogP contribution in [0, 0.1) is 11.8 Å². The third-order valence-corrected chi connectivity index (χ3v) is 6.64. The fourth-order valence-corrected chi connectivity index (χ4v) is 4.52. The first-order chi connectivity index (χ1) is 14.8. The van der Waals surface area contributed by atoms with Crippen molar-refractivity contribution in [3.8, 4) is 0 Å². The number of amides is 2. The van der Waals surface area contributed by atoms with Crippen molar-refractivity contribution in [3.63, 3.8) is 0 Å². The number of hydrogen-bond acceptors (Lipinski definition) is 3. The SMILES string of the molecule is CC[C@H](C)C[C@@H](CC(=O)N1CCC[C@H]1CC(C)C(=O)N[C@H](C)Cc1ccccc1)OC. The van der Waals surface area contributed by atoms with Crippen molar-refractivity contribution in [1.82, 2.24) is 10.2 Å². The number of rotatable bonds is 12. The van der Waals surface area contributed by atoms with Crippen LogP contribution < -0.4 is 5.32 Å². The number of likely N-dealkylation sites (tertiary alicyclic amines) is 1. The summed E-state index contributed by atoms with van der Waals surface area (Å²) >= 11 is 0. The molecule has 1 saturated heterocycles. The van der Waals surface area contributed by atoms with Gasteiger partial charge in [-0.3, -0.25) is 9.59 Å². The number of carbonyl (C=O) groups excluding carboxylic acids is 2. The van der Waals surface area contributed by atoms with Crippen LogP contribution in [0.15, 0.2) is 30.3 Å². The summed E-state index contributed by atoms with van der Waals surface area (Å²) in [4.78, 5) is 27.7. The molecule has 0 bridgehead atoms. The van der Waals surface area contributed by atoms with Crippen LogP contribution in [0.5, 0.6) is 0 Å². The van der Waals surface area contributed by atoms with Crippen molar-refractivity contribution in [3.05, 3.63) is 35.9 Å². The Morgan fingerprint density at radius 1 is 1.19 bits per heavy atom. The predicted molar refractivity (Wildman–Crippen MR) is 126 cm³/mol. The molecule has 31 heavy (non-hydrogen) atoms. The lowest BCUT2D eigenvalue weighted by Crippen LogP contribution is -2.42. The summed E-state index contributed by atoms with van der Waals surface area (Å²) in [6, 6.07) is 10.5. The van der Waals surface area contributed by atoms with Gasteiger partial charge in [-0.05, 0) is 50.5 Å². The fourth-order valence-electron chi connectivity index (χ4n) is 4.52. The third kappa shape index (κ3) is 8.29. The first kappa shape index (κ1) is 25.4. The van der Waals surface area contributed by atoms with Gasteiger partial charge in [-0.25, -0.2) is 0 Å². The summed E-state index contributed by atoms with van der Waals surface area (Å²) in [7, 11) is 1.70. The molecule has 1 unspecified atom stereocenters. The van der Waals surface area contributed by atoms with Gasteiger partial charge < -0.3 is 15.0 Å². The second-order valence-electron chi connectivity index (χ2n) is 9.43. The van der Waals surface area contributed by atoms with Crippen molar-refractivity contribution in [2.75, 3.05) is 13.7 Å². The van der Waals surface area contributed by atoms with E-state index in [-0.39, 0.29) is 35.9 Å². The van der Waals surface area contributed by atoms with Crippen molar-refractivity contribution < 1.29 is 14.3 Å². The highest BCUT2D eigenvalue weighted by Crippen LogP contribution is 2.26. The molecule has 0 saturated carbocycles. The van der Waals surface area contributed by atoms with E-state index in [2.05, 4.69) is 31.3 Å². The van der Waals surface area contributed by atoms with Crippen LogP contribution in [0.25, 0.3) is 0 Å². The predicted octanol–water partition coefficient (Wildman–Crippen LogP) is 4.59. The maximum Gasteiger partial charge on any atom is 0.225 e. The van der Waals surface area contributed by atoms with E-state index in [0.29, 0.717) is 12.3 Å². The van der Waals surface area contributed by atoms with Crippen molar-refractivity contribution >= 4 is 11.8 Å². The second kappa shape index (κ2) is 12.8. The Hall–Kier alpha value is -1.88. The molecule has 0 spiro atoms. The monoisotopic (exact) mass is 430 g/mol. The van der Waals surface area contributed by atoms with Crippen LogP contribution in [-0.4, -0.2) is 48.6 Å². The Labute approximate surface area is 188 Å². The molecule has 1 fully saturated rings. The highest BCUT2D eigenvalue weighted by Gasteiger charge is 2.32. The minimum absolute atomic E-state index is 0.0248. The minimum atomic E-state index is -0.116. The maximum absolute atomic E-state index is 13.0. The van der Waals surface area contributed by atoms with Crippen LogP contribution >= 0.6 is 0 Å². The standard InChI is InChI=1S/C26H42N2O3/c1-6-19(2)15-24(31-5)18-25(29)28-14-10-13-23(28)16-20(3)26(30)27-21(4)17-22-11-8-7-9-12-22/h7-9,11-12,19-21,23-24H,6,10,13-18H2,1-5H3,(H,27,30)/t19-,20?,21+,23-,24-/m0/s1. The highest BCUT2D eigenvalue weighted by atomic mass is 16.5. The van der Waals surface area contributed by atoms with Gasteiger partial charge in [-0.1, -0.05) is 57.5 Å². The van der Waals surface area contributed by atoms with Gasteiger partial charge in [0.1, 0.15) is 0 Å². The fraction of sp³-hybridized carbons (Fsp3) is 0.692. The minimum Gasteiger partial charge on any atom is -0.381 e. The molecule has 0 radical (unpaired) electrons. The molecule has 5 nitrogen and oxygen atoms in total. The molecule has 0 aromatic heterocycles. The van der Waals surface area contributed by atoms with Gasteiger partial charge in [0, 0.05) is 31.7 Å². The van der Waals surface area contributed by atoms with Gasteiger partial charge in [0.05, 0.1) is 12.5 Å². The number of ether oxygens (including phenoxy) is 1. The number of benzene rings is 1. The summed E-state index contributed by atoms with van der Waals surface area (Å²) in [5.41, 5.74) is 1.22. The second-order valence-corrected chi connectivity index (χ2v) is 9.43. The maximum atomic E-state index is 13.0. The molecular weight excluding hydrogens is 388 g/mol. The first-order valence-electron chi connectivity index (χ1n) is 12.0. The molecule has 1 aromatic rings. The molecule has 1 heterocycles. The van der Waals surface area contributed by atoms with Gasteiger partial charge in [-0.2, -0.15) is 0 Å². The van der Waals surface area contributed by atoms with Gasteiger partial charge in [-0.15, -0.1) is 0 Å². The van der Waals surface area contributed by atoms with Gasteiger partial charge in [0.15, 0.2) is 0 Å². The molecule has 1 aliphatic rings. The molecule has 1 N–H and O–H groups in total. The molecule has 0 aliphatic carbocycles. The molecule has 2 amide bonds. The summed E-state index contributed by atoms with van der Waals surface area (Å²) < 4.78 is 5.59. The normalized spacial score (nSPS) is 20.2. The van der Waals surface area contributed by atoms with E-state index in [1.165, 1.54) is 5.56 Å². The van der Waals surface area contributed by atoms with Crippen molar-refractivity contribution in [2.24, 2.45) is 11.8 Å². The van der Waals surface area contributed by atoms with Crippen molar-refractivity contribution in [1.29, 1.82) is 0 Å². The van der Waals surface area contributed by atoms with Crippen LogP contribution in [-0.2, 0) is 20.7 Å². The van der Waals surface area contributed by atoms with Crippen LogP contribution in [0.3, 0.4) is 0 Å². The Balaban J connectivity index is 1.84. The van der Waals surface area contributed by atoms with Gasteiger partial charge in [0.25, 0.3) is 0 Å². The van der Waals surface area contributed by atoms with Gasteiger partial charge in [0.2, 0.25) is 11.8 Å². The Bertz CT molecular complexity index is 678. The average Bonchev–Trinajstić information content (AvgIpc) is 3.21. The number of nitrogens with zero attached hydrogens (tertiary/aromatic N) is 1. The lowest BCUT2D eigenvalue weighted by Gasteiger charge is -2.29. The van der Waals surface area contributed by atoms with E-state index in [0.717, 1.165) is 45.1 Å². The zero-order chi connectivity index (χ0) is 22.8. The first-order valence-corrected chi connectivity index (χ1v) is 12.0. The van der Waals surface area contributed by atoms with Gasteiger partial charge >= 0.3 is 0 Å². The molecule has 1 aliphatic heterocycles. The van der Waals surface area contributed by atoms with Crippen LogP contribution in [0.1, 0.15) is 71.8 Å². The molecule has 2 rings (SSSR count). The number of carbonyl (C=O) groups is 2. The average molecular weight is 431 g/mol. The Morgan fingerprint density at radius 3 is 2.55 bits per heavy atom. The number of hydrogen-bond donors (Lipinski definition) is 1. The number of methoxy groups -OCH3 is 1. The molecule has 1 aromatic carbocycles. The zero-order valence-electron chi connectivity index (χ0n) is 20.1. The smallest absolute Gasteiger partial charge is 0.225 e. The van der Waals surface area contributed by atoms with Crippen molar-refractivity contribution in [2.45, 2.75) is 90.8 Å². The van der Waals surface area contributed by atoms with E-state index >= 15 is 0 Å². The Kier molecular flexibility index (Phi) is 10.5. The van der Waals surface area contributed by atoms with E-state index in [9.17, 15) is 9.59 Å². The quantitative estimate of drug-likeness (QED) is 0.527. The van der Waals surface area contributed by atoms with E-state index in [1.807, 2.05) is 36.9 Å². The summed E-state index contributed by atoms with van der Waals surface area (Å²) in [6.45, 7) is 9.19. The number of nitrogens with one attached hydrogen (secondary N) is 1. The molecule has 5 heteroatoms. The molecular formula is C26H42N2O3. The van der Waals surface area contributed by atoms with E-state index < -0.39 is 0 Å². The summed E-state index contributed by atoms with van der Waals surface area (Å²) in [5.74, 6) is 0.681. The van der Waals surface area contributed by atoms with E-state index in [1.54, 1.807) is 7.11 Å². The zero-order valence-corrected chi connectivity index (χ0v) is 20.1. The topological polar surface area (TPSA) is 58.6 Å². The third-order valence-electron chi connectivity index (χ3n) is 6.64. The van der Waals surface area contributed by atoms with E-state index in [4.69, 9.17) is 4.74 Å². The summed E-state index contributed by atoms with van der Waals surface area (Å²) in [5, 5.41) is 3.15. The lowest BCUT2D eigenvalue weighted by molar-refractivity contribution is -0.136.